The number of urea groups is 1. The third-order valence-electron chi connectivity index (χ3n) is 5.70. The maximum absolute atomic E-state index is 12.5. The molecule has 2 amide bonds. The van der Waals surface area contributed by atoms with E-state index in [0.29, 0.717) is 6.54 Å². The van der Waals surface area contributed by atoms with Crippen LogP contribution in [-0.4, -0.2) is 60.3 Å². The average molecular weight is 320 g/mol. The van der Waals surface area contributed by atoms with E-state index < -0.39 is 0 Å². The van der Waals surface area contributed by atoms with Gasteiger partial charge < -0.3 is 19.1 Å². The predicted octanol–water partition coefficient (Wildman–Crippen LogP) is 2.86. The largest absolute Gasteiger partial charge is 0.490 e. The summed E-state index contributed by atoms with van der Waals surface area (Å²) < 4.78 is 12.2. The fourth-order valence-corrected chi connectivity index (χ4v) is 3.35. The summed E-state index contributed by atoms with van der Waals surface area (Å²) in [6.45, 7) is 11.5. The third kappa shape index (κ3) is 3.29. The molecule has 0 unspecified atom stereocenters. The molecular formula is C17H29BN2O3. The van der Waals surface area contributed by atoms with E-state index in [-0.39, 0.29) is 24.4 Å². The van der Waals surface area contributed by atoms with Gasteiger partial charge in [0.25, 0.3) is 0 Å². The molecular weight excluding hydrogens is 291 g/mol. The minimum absolute atomic E-state index is 0.189. The van der Waals surface area contributed by atoms with E-state index in [1.807, 2.05) is 9.80 Å². The number of rotatable bonds is 1. The Bertz CT molecular complexity index is 482. The molecule has 0 bridgehead atoms. The van der Waals surface area contributed by atoms with Gasteiger partial charge in [0, 0.05) is 26.2 Å². The molecule has 2 saturated heterocycles. The topological polar surface area (TPSA) is 42.0 Å². The molecule has 3 rings (SSSR count). The minimum atomic E-state index is -0.306. The van der Waals surface area contributed by atoms with Crippen LogP contribution in [0.5, 0.6) is 0 Å². The summed E-state index contributed by atoms with van der Waals surface area (Å²) in [7, 11) is -0.271. The van der Waals surface area contributed by atoms with Gasteiger partial charge in [-0.25, -0.2) is 4.79 Å². The smallest absolute Gasteiger partial charge is 0.400 e. The van der Waals surface area contributed by atoms with Gasteiger partial charge in [-0.3, -0.25) is 0 Å². The van der Waals surface area contributed by atoms with Crippen molar-refractivity contribution in [2.45, 2.75) is 64.6 Å². The normalized spacial score (nSPS) is 27.1. The second-order valence-electron chi connectivity index (χ2n) is 7.89. The number of hydrogen-bond acceptors (Lipinski definition) is 3. The predicted molar refractivity (Wildman–Crippen MR) is 91.2 cm³/mol. The lowest BCUT2D eigenvalue weighted by molar-refractivity contribution is 0.00578. The lowest BCUT2D eigenvalue weighted by atomic mass is 9.75. The summed E-state index contributed by atoms with van der Waals surface area (Å²) in [6, 6.07) is 0.189. The van der Waals surface area contributed by atoms with Crippen molar-refractivity contribution in [3.05, 3.63) is 11.5 Å². The van der Waals surface area contributed by atoms with Crippen LogP contribution in [0, 0.1) is 0 Å². The second-order valence-corrected chi connectivity index (χ2v) is 7.89. The Morgan fingerprint density at radius 1 is 1.00 bits per heavy atom. The molecule has 3 heterocycles. The van der Waals surface area contributed by atoms with Gasteiger partial charge >= 0.3 is 13.1 Å². The molecule has 6 heteroatoms. The minimum Gasteiger partial charge on any atom is -0.400 e. The van der Waals surface area contributed by atoms with Gasteiger partial charge in [0.2, 0.25) is 0 Å². The molecule has 0 aliphatic carbocycles. The zero-order valence-electron chi connectivity index (χ0n) is 14.9. The van der Waals surface area contributed by atoms with Crippen LogP contribution in [0.4, 0.5) is 4.79 Å². The molecule has 0 aromatic heterocycles. The van der Waals surface area contributed by atoms with E-state index in [2.05, 4.69) is 33.8 Å². The van der Waals surface area contributed by atoms with Gasteiger partial charge in [0.1, 0.15) is 0 Å². The number of amides is 2. The van der Waals surface area contributed by atoms with Crippen LogP contribution in [0.2, 0.25) is 0 Å². The molecule has 0 spiro atoms. The van der Waals surface area contributed by atoms with Crippen LogP contribution in [0.15, 0.2) is 11.5 Å². The van der Waals surface area contributed by atoms with Gasteiger partial charge in [-0.05, 0) is 58.9 Å². The first kappa shape index (κ1) is 16.8. The van der Waals surface area contributed by atoms with Gasteiger partial charge in [0.05, 0.1) is 11.2 Å². The Labute approximate surface area is 140 Å². The first-order chi connectivity index (χ1) is 10.8. The summed E-state index contributed by atoms with van der Waals surface area (Å²) in [5.74, 6) is 0. The number of nitrogens with zero attached hydrogens (tertiary/aromatic N) is 2. The third-order valence-corrected chi connectivity index (χ3v) is 5.70. The summed E-state index contributed by atoms with van der Waals surface area (Å²) in [4.78, 5) is 16.5. The SMILES string of the molecule is CC1(C)OB(C2=CCN(C(=O)N3CCCCC3)CC2)OC1(C)C. The van der Waals surface area contributed by atoms with Crippen molar-refractivity contribution in [1.82, 2.24) is 9.80 Å². The van der Waals surface area contributed by atoms with E-state index >= 15 is 0 Å². The van der Waals surface area contributed by atoms with Crippen molar-refractivity contribution >= 4 is 13.1 Å². The molecule has 3 aliphatic heterocycles. The van der Waals surface area contributed by atoms with Crippen molar-refractivity contribution in [3.63, 3.8) is 0 Å². The quantitative estimate of drug-likeness (QED) is 0.698. The summed E-state index contributed by atoms with van der Waals surface area (Å²) >= 11 is 0. The average Bonchev–Trinajstić information content (AvgIpc) is 2.76. The van der Waals surface area contributed by atoms with Crippen LogP contribution in [0.3, 0.4) is 0 Å². The Kier molecular flexibility index (Phi) is 4.49. The van der Waals surface area contributed by atoms with Crippen molar-refractivity contribution in [2.75, 3.05) is 26.2 Å². The van der Waals surface area contributed by atoms with Gasteiger partial charge in [-0.1, -0.05) is 6.08 Å². The van der Waals surface area contributed by atoms with E-state index in [0.717, 1.165) is 38.9 Å². The molecule has 2 fully saturated rings. The van der Waals surface area contributed by atoms with Crippen LogP contribution in [0.25, 0.3) is 0 Å². The summed E-state index contributed by atoms with van der Waals surface area (Å²) in [5, 5.41) is 0. The van der Waals surface area contributed by atoms with E-state index in [9.17, 15) is 4.79 Å². The second kappa shape index (κ2) is 6.13. The number of carbonyl (C=O) groups is 1. The molecule has 128 valence electrons. The maximum atomic E-state index is 12.5. The highest BCUT2D eigenvalue weighted by Crippen LogP contribution is 2.39. The summed E-state index contributed by atoms with van der Waals surface area (Å²) in [6.07, 6.45) is 6.46. The van der Waals surface area contributed by atoms with Crippen molar-refractivity contribution in [1.29, 1.82) is 0 Å². The highest BCUT2D eigenvalue weighted by atomic mass is 16.7. The van der Waals surface area contributed by atoms with E-state index in [1.165, 1.54) is 11.9 Å². The van der Waals surface area contributed by atoms with Gasteiger partial charge in [-0.15, -0.1) is 0 Å². The molecule has 0 radical (unpaired) electrons. The molecule has 5 nitrogen and oxygen atoms in total. The van der Waals surface area contributed by atoms with Crippen LogP contribution >= 0.6 is 0 Å². The Balaban J connectivity index is 1.59. The van der Waals surface area contributed by atoms with E-state index in [4.69, 9.17) is 9.31 Å². The molecule has 0 N–H and O–H groups in total. The zero-order chi connectivity index (χ0) is 16.7. The van der Waals surface area contributed by atoms with E-state index in [1.54, 1.807) is 0 Å². The highest BCUT2D eigenvalue weighted by molar-refractivity contribution is 6.54. The van der Waals surface area contributed by atoms with Crippen LogP contribution in [0.1, 0.15) is 53.4 Å². The lowest BCUT2D eigenvalue weighted by Gasteiger charge is -2.34. The maximum Gasteiger partial charge on any atom is 0.490 e. The van der Waals surface area contributed by atoms with Crippen LogP contribution < -0.4 is 0 Å². The van der Waals surface area contributed by atoms with Crippen molar-refractivity contribution in [3.8, 4) is 0 Å². The Morgan fingerprint density at radius 3 is 2.13 bits per heavy atom. The number of carbonyl (C=O) groups excluding carboxylic acids is 1. The number of piperidine rings is 1. The fourth-order valence-electron chi connectivity index (χ4n) is 3.35. The first-order valence-corrected chi connectivity index (χ1v) is 8.89. The van der Waals surface area contributed by atoms with Crippen LogP contribution in [-0.2, 0) is 9.31 Å². The molecule has 23 heavy (non-hydrogen) atoms. The van der Waals surface area contributed by atoms with Gasteiger partial charge in [-0.2, -0.15) is 0 Å². The molecule has 0 aromatic rings. The Hall–Kier alpha value is -1.01. The molecule has 0 saturated carbocycles. The lowest BCUT2D eigenvalue weighted by Crippen LogP contribution is -2.47. The summed E-state index contributed by atoms with van der Waals surface area (Å²) in [5.41, 5.74) is 0.560. The first-order valence-electron chi connectivity index (χ1n) is 8.89. The Morgan fingerprint density at radius 2 is 1.61 bits per heavy atom. The monoisotopic (exact) mass is 320 g/mol. The highest BCUT2D eigenvalue weighted by Gasteiger charge is 2.52. The number of hydrogen-bond donors (Lipinski definition) is 0. The zero-order valence-corrected chi connectivity index (χ0v) is 14.9. The standard InChI is InChI=1S/C17H29BN2O3/c1-16(2)17(3,4)23-18(22-16)14-8-12-20(13-9-14)15(21)19-10-6-5-7-11-19/h8H,5-7,9-13H2,1-4H3. The molecule has 3 aliphatic rings. The molecule has 0 atom stereocenters. The van der Waals surface area contributed by atoms with Crippen molar-refractivity contribution in [2.24, 2.45) is 0 Å². The number of likely N-dealkylation sites (tertiary alicyclic amines) is 1. The van der Waals surface area contributed by atoms with Gasteiger partial charge in [0.15, 0.2) is 0 Å². The fraction of sp³-hybridized carbons (Fsp3) is 0.824. The molecule has 0 aromatic carbocycles. The van der Waals surface area contributed by atoms with Crippen molar-refractivity contribution < 1.29 is 14.1 Å².